The van der Waals surface area contributed by atoms with Crippen LogP contribution in [0.15, 0.2) is 24.5 Å². The highest BCUT2D eigenvalue weighted by Crippen LogP contribution is 2.22. The Labute approximate surface area is 98.1 Å². The zero-order chi connectivity index (χ0) is 12.1. The summed E-state index contributed by atoms with van der Waals surface area (Å²) in [7, 11) is 2.05. The standard InChI is InChI=1S/C13H22N2O/c1-10(2)13(9-16)15(4)11(3)12-6-5-7-14-8-12/h5-8,10-11,13,16H,9H2,1-4H3/t11-,13+/m0/s1. The van der Waals surface area contributed by atoms with E-state index >= 15 is 0 Å². The molecule has 0 saturated carbocycles. The molecule has 0 aliphatic heterocycles. The predicted octanol–water partition coefficient (Wildman–Crippen LogP) is 2.09. The second-order valence-electron chi connectivity index (χ2n) is 4.62. The Morgan fingerprint density at radius 3 is 2.50 bits per heavy atom. The second-order valence-corrected chi connectivity index (χ2v) is 4.62. The lowest BCUT2D eigenvalue weighted by molar-refractivity contribution is 0.0840. The smallest absolute Gasteiger partial charge is 0.0589 e. The number of aromatic nitrogens is 1. The van der Waals surface area contributed by atoms with E-state index in [4.69, 9.17) is 0 Å². The van der Waals surface area contributed by atoms with Crippen LogP contribution in [0.25, 0.3) is 0 Å². The predicted molar refractivity (Wildman–Crippen MR) is 66.1 cm³/mol. The molecule has 1 rings (SSSR count). The fourth-order valence-corrected chi connectivity index (χ4v) is 1.96. The summed E-state index contributed by atoms with van der Waals surface area (Å²) >= 11 is 0. The van der Waals surface area contributed by atoms with Crippen molar-refractivity contribution in [3.05, 3.63) is 30.1 Å². The van der Waals surface area contributed by atoms with Crippen molar-refractivity contribution in [2.45, 2.75) is 32.9 Å². The van der Waals surface area contributed by atoms with E-state index in [1.54, 1.807) is 6.20 Å². The first-order chi connectivity index (χ1) is 7.57. The highest BCUT2D eigenvalue weighted by molar-refractivity contribution is 5.13. The van der Waals surface area contributed by atoms with Crippen molar-refractivity contribution in [3.8, 4) is 0 Å². The van der Waals surface area contributed by atoms with Crippen molar-refractivity contribution < 1.29 is 5.11 Å². The average molecular weight is 222 g/mol. The van der Waals surface area contributed by atoms with Gasteiger partial charge in [0.15, 0.2) is 0 Å². The Kier molecular flexibility index (Phi) is 4.90. The highest BCUT2D eigenvalue weighted by Gasteiger charge is 2.22. The molecular formula is C13H22N2O. The molecule has 0 amide bonds. The number of likely N-dealkylation sites (N-methyl/N-ethyl adjacent to an activating group) is 1. The van der Waals surface area contributed by atoms with Gasteiger partial charge in [0.05, 0.1) is 6.61 Å². The van der Waals surface area contributed by atoms with E-state index in [1.165, 1.54) is 5.56 Å². The molecule has 2 atom stereocenters. The molecule has 0 unspecified atom stereocenters. The van der Waals surface area contributed by atoms with Gasteiger partial charge in [0, 0.05) is 24.5 Å². The molecule has 0 bridgehead atoms. The lowest BCUT2D eigenvalue weighted by Gasteiger charge is -2.34. The summed E-state index contributed by atoms with van der Waals surface area (Å²) < 4.78 is 0. The second kappa shape index (κ2) is 5.97. The third-order valence-electron chi connectivity index (χ3n) is 3.26. The van der Waals surface area contributed by atoms with Crippen molar-refractivity contribution in [1.82, 2.24) is 9.88 Å². The Balaban J connectivity index is 2.77. The first-order valence-corrected chi connectivity index (χ1v) is 5.80. The molecule has 0 spiro atoms. The summed E-state index contributed by atoms with van der Waals surface area (Å²) in [6.45, 7) is 6.60. The molecule has 3 heteroatoms. The number of rotatable bonds is 5. The molecule has 1 aromatic heterocycles. The van der Waals surface area contributed by atoms with E-state index in [1.807, 2.05) is 12.3 Å². The van der Waals surface area contributed by atoms with Gasteiger partial charge >= 0.3 is 0 Å². The summed E-state index contributed by atoms with van der Waals surface area (Å²) in [5, 5.41) is 9.41. The molecule has 0 radical (unpaired) electrons. The maximum Gasteiger partial charge on any atom is 0.0589 e. The van der Waals surface area contributed by atoms with Crippen LogP contribution < -0.4 is 0 Å². The molecular weight excluding hydrogens is 200 g/mol. The van der Waals surface area contributed by atoms with Gasteiger partial charge in [-0.1, -0.05) is 19.9 Å². The first-order valence-electron chi connectivity index (χ1n) is 5.80. The minimum atomic E-state index is 0.190. The minimum Gasteiger partial charge on any atom is -0.395 e. The normalized spacial score (nSPS) is 15.4. The number of aliphatic hydroxyl groups is 1. The maximum atomic E-state index is 9.41. The highest BCUT2D eigenvalue weighted by atomic mass is 16.3. The largest absolute Gasteiger partial charge is 0.395 e. The van der Waals surface area contributed by atoms with Gasteiger partial charge in [-0.05, 0) is 31.5 Å². The molecule has 1 aromatic rings. The van der Waals surface area contributed by atoms with Crippen LogP contribution in [0.2, 0.25) is 0 Å². The van der Waals surface area contributed by atoms with E-state index in [9.17, 15) is 5.11 Å². The van der Waals surface area contributed by atoms with Gasteiger partial charge in [0.25, 0.3) is 0 Å². The van der Waals surface area contributed by atoms with Crippen molar-refractivity contribution in [3.63, 3.8) is 0 Å². The van der Waals surface area contributed by atoms with Gasteiger partial charge in [-0.15, -0.1) is 0 Å². The van der Waals surface area contributed by atoms with Gasteiger partial charge in [0.2, 0.25) is 0 Å². The third kappa shape index (κ3) is 3.03. The van der Waals surface area contributed by atoms with E-state index in [-0.39, 0.29) is 18.7 Å². The number of pyridine rings is 1. The number of aliphatic hydroxyl groups excluding tert-OH is 1. The fraction of sp³-hybridized carbons (Fsp3) is 0.615. The molecule has 1 heterocycles. The van der Waals surface area contributed by atoms with E-state index in [0.29, 0.717) is 5.92 Å². The average Bonchev–Trinajstić information content (AvgIpc) is 2.29. The Morgan fingerprint density at radius 2 is 2.06 bits per heavy atom. The topological polar surface area (TPSA) is 36.4 Å². The summed E-state index contributed by atoms with van der Waals surface area (Å²) in [6, 6.07) is 4.48. The molecule has 0 saturated heterocycles. The van der Waals surface area contributed by atoms with Crippen LogP contribution in [0, 0.1) is 5.92 Å². The van der Waals surface area contributed by atoms with Crippen molar-refractivity contribution in [1.29, 1.82) is 0 Å². The van der Waals surface area contributed by atoms with Crippen LogP contribution in [-0.4, -0.2) is 34.7 Å². The summed E-state index contributed by atoms with van der Waals surface area (Å²) in [4.78, 5) is 6.34. The lowest BCUT2D eigenvalue weighted by Crippen LogP contribution is -2.40. The molecule has 3 nitrogen and oxygen atoms in total. The quantitative estimate of drug-likeness (QED) is 0.828. The molecule has 16 heavy (non-hydrogen) atoms. The number of nitrogens with zero attached hydrogens (tertiary/aromatic N) is 2. The minimum absolute atomic E-state index is 0.190. The van der Waals surface area contributed by atoms with E-state index < -0.39 is 0 Å². The van der Waals surface area contributed by atoms with Gasteiger partial charge in [-0.25, -0.2) is 0 Å². The van der Waals surface area contributed by atoms with Crippen molar-refractivity contribution in [2.75, 3.05) is 13.7 Å². The van der Waals surface area contributed by atoms with Crippen molar-refractivity contribution in [2.24, 2.45) is 5.92 Å². The van der Waals surface area contributed by atoms with Crippen LogP contribution in [0.1, 0.15) is 32.4 Å². The summed E-state index contributed by atoms with van der Waals surface area (Å²) in [6.07, 6.45) is 3.66. The molecule has 1 N–H and O–H groups in total. The first kappa shape index (κ1) is 13.1. The Morgan fingerprint density at radius 1 is 1.38 bits per heavy atom. The molecule has 0 aliphatic rings. The Hall–Kier alpha value is -0.930. The summed E-state index contributed by atoms with van der Waals surface area (Å²) in [5.41, 5.74) is 1.18. The third-order valence-corrected chi connectivity index (χ3v) is 3.26. The monoisotopic (exact) mass is 222 g/mol. The molecule has 90 valence electrons. The molecule has 0 fully saturated rings. The van der Waals surface area contributed by atoms with E-state index in [0.717, 1.165) is 0 Å². The zero-order valence-electron chi connectivity index (χ0n) is 10.6. The molecule has 0 aromatic carbocycles. The Bertz CT molecular complexity index is 300. The van der Waals surface area contributed by atoms with Crippen LogP contribution in [0.5, 0.6) is 0 Å². The number of hydrogen-bond acceptors (Lipinski definition) is 3. The maximum absolute atomic E-state index is 9.41. The SMILES string of the molecule is CC(C)[C@@H](CO)N(C)[C@@H](C)c1cccnc1. The zero-order valence-corrected chi connectivity index (χ0v) is 10.6. The van der Waals surface area contributed by atoms with Crippen LogP contribution in [-0.2, 0) is 0 Å². The fourth-order valence-electron chi connectivity index (χ4n) is 1.96. The van der Waals surface area contributed by atoms with Crippen LogP contribution >= 0.6 is 0 Å². The van der Waals surface area contributed by atoms with Crippen molar-refractivity contribution >= 4 is 0 Å². The van der Waals surface area contributed by atoms with Gasteiger partial charge in [-0.2, -0.15) is 0 Å². The van der Waals surface area contributed by atoms with Crippen LogP contribution in [0.4, 0.5) is 0 Å². The molecule has 0 aliphatic carbocycles. The summed E-state index contributed by atoms with van der Waals surface area (Å²) in [5.74, 6) is 0.439. The number of hydrogen-bond donors (Lipinski definition) is 1. The van der Waals surface area contributed by atoms with Gasteiger partial charge < -0.3 is 5.11 Å². The van der Waals surface area contributed by atoms with E-state index in [2.05, 4.69) is 43.8 Å². The van der Waals surface area contributed by atoms with Gasteiger partial charge in [0.1, 0.15) is 0 Å². The van der Waals surface area contributed by atoms with Gasteiger partial charge in [-0.3, -0.25) is 9.88 Å². The van der Waals surface area contributed by atoms with Crippen LogP contribution in [0.3, 0.4) is 0 Å². The lowest BCUT2D eigenvalue weighted by atomic mass is 10.0.